The van der Waals surface area contributed by atoms with Crippen LogP contribution in [0.25, 0.3) is 0 Å². The van der Waals surface area contributed by atoms with Gasteiger partial charge in [-0.15, -0.1) is 0 Å². The van der Waals surface area contributed by atoms with Crippen molar-refractivity contribution >= 4 is 18.0 Å². The minimum atomic E-state index is -1.34. The minimum absolute atomic E-state index is 0.118. The molecule has 3 aliphatic carbocycles. The molecule has 1 heterocycles. The van der Waals surface area contributed by atoms with Gasteiger partial charge in [-0.3, -0.25) is 9.59 Å². The van der Waals surface area contributed by atoms with Crippen molar-refractivity contribution in [2.24, 2.45) is 34.0 Å². The Bertz CT molecular complexity index is 680. The number of ether oxygens (including phenoxy) is 1. The number of aliphatic hydroxyl groups excluding tert-OH is 1. The van der Waals surface area contributed by atoms with E-state index in [-0.39, 0.29) is 29.6 Å². The molecule has 0 unspecified atom stereocenters. The summed E-state index contributed by atoms with van der Waals surface area (Å²) in [6.07, 6.45) is 3.50. The third-order valence-corrected chi connectivity index (χ3v) is 7.72. The predicted octanol–water partition coefficient (Wildman–Crippen LogP) is 2.07. The molecule has 5 heteroatoms. The van der Waals surface area contributed by atoms with Crippen LogP contribution >= 0.6 is 0 Å². The maximum Gasteiger partial charge on any atom is 0.320 e. The molecule has 0 aromatic rings. The summed E-state index contributed by atoms with van der Waals surface area (Å²) in [7, 11) is 0. The summed E-state index contributed by atoms with van der Waals surface area (Å²) in [6.45, 7) is 8.13. The summed E-state index contributed by atoms with van der Waals surface area (Å²) in [4.78, 5) is 38.0. The van der Waals surface area contributed by atoms with Crippen molar-refractivity contribution in [2.75, 3.05) is 6.61 Å². The Morgan fingerprint density at radius 2 is 2.00 bits per heavy atom. The van der Waals surface area contributed by atoms with Crippen LogP contribution in [0.2, 0.25) is 0 Å². The third kappa shape index (κ3) is 1.85. The van der Waals surface area contributed by atoms with Crippen molar-refractivity contribution in [3.63, 3.8) is 0 Å². The zero-order valence-corrected chi connectivity index (χ0v) is 14.9. The van der Waals surface area contributed by atoms with E-state index in [1.807, 2.05) is 0 Å². The van der Waals surface area contributed by atoms with E-state index in [1.54, 1.807) is 0 Å². The quantitative estimate of drug-likeness (QED) is 0.340. The van der Waals surface area contributed by atoms with Crippen molar-refractivity contribution in [3.8, 4) is 0 Å². The molecule has 4 aliphatic rings. The summed E-state index contributed by atoms with van der Waals surface area (Å²) in [5.74, 6) is -1.86. The number of fused-ring (bicyclic) bond motifs is 2. The number of carbonyl (C=O) groups is 3. The molecule has 0 amide bonds. The molecule has 136 valence electrons. The monoisotopic (exact) mass is 346 g/mol. The van der Waals surface area contributed by atoms with E-state index in [4.69, 9.17) is 4.74 Å². The zero-order chi connectivity index (χ0) is 18.2. The van der Waals surface area contributed by atoms with Crippen LogP contribution in [0.3, 0.4) is 0 Å². The Labute approximate surface area is 147 Å². The normalized spacial score (nSPS) is 48.2. The molecule has 1 aliphatic heterocycles. The van der Waals surface area contributed by atoms with E-state index in [2.05, 4.69) is 20.4 Å². The predicted molar refractivity (Wildman–Crippen MR) is 89.4 cm³/mol. The molecule has 3 saturated carbocycles. The summed E-state index contributed by atoms with van der Waals surface area (Å²) in [5.41, 5.74) is -1.82. The molecule has 0 radical (unpaired) electrons. The third-order valence-electron chi connectivity index (χ3n) is 7.72. The van der Waals surface area contributed by atoms with Gasteiger partial charge in [0.1, 0.15) is 11.7 Å². The fourth-order valence-electron chi connectivity index (χ4n) is 6.71. The average Bonchev–Trinajstić information content (AvgIpc) is 2.73. The lowest BCUT2D eigenvalue weighted by molar-refractivity contribution is -0.225. The molecule has 2 spiro atoms. The molecular weight excluding hydrogens is 320 g/mol. The van der Waals surface area contributed by atoms with Gasteiger partial charge in [-0.05, 0) is 42.6 Å². The standard InChI is InChI=1S/C20H26O5/c1-11-12-7-13(22)15-19(6-4-5-18(2,3)14(19)9-21)10-25-17(24)20(15,8-12)16(11)23/h9,12-15,22H,1,4-8,10H2,2-3H3/t12-,13+,14+,15-,19-,20+/m0/s1. The molecule has 2 bridgehead atoms. The van der Waals surface area contributed by atoms with E-state index in [0.29, 0.717) is 24.8 Å². The SMILES string of the molecule is C=C1C(=O)[C@@]23C[C@@H]1C[C@@H](O)[C@H]2[C@@]1(CCCC(C)(C)[C@H]1C=O)COC3=O. The number of carbonyl (C=O) groups excluding carboxylic acids is 3. The van der Waals surface area contributed by atoms with Gasteiger partial charge in [0, 0.05) is 17.3 Å². The lowest BCUT2D eigenvalue weighted by Gasteiger charge is -2.60. The van der Waals surface area contributed by atoms with E-state index in [0.717, 1.165) is 19.1 Å². The maximum atomic E-state index is 13.1. The topological polar surface area (TPSA) is 80.7 Å². The van der Waals surface area contributed by atoms with Gasteiger partial charge >= 0.3 is 5.97 Å². The number of rotatable bonds is 1. The first-order chi connectivity index (χ1) is 11.7. The fraction of sp³-hybridized carbons (Fsp3) is 0.750. The highest BCUT2D eigenvalue weighted by molar-refractivity contribution is 6.15. The van der Waals surface area contributed by atoms with Crippen LogP contribution in [-0.4, -0.2) is 35.9 Å². The van der Waals surface area contributed by atoms with Crippen LogP contribution in [0.1, 0.15) is 46.0 Å². The van der Waals surface area contributed by atoms with Crippen molar-refractivity contribution in [3.05, 3.63) is 12.2 Å². The fourth-order valence-corrected chi connectivity index (χ4v) is 6.71. The lowest BCUT2D eigenvalue weighted by Crippen LogP contribution is -2.66. The second-order valence-electron chi connectivity index (χ2n) is 9.27. The van der Waals surface area contributed by atoms with Crippen molar-refractivity contribution in [2.45, 2.75) is 52.1 Å². The first-order valence-electron chi connectivity index (χ1n) is 9.25. The van der Waals surface area contributed by atoms with E-state index >= 15 is 0 Å². The molecule has 4 fully saturated rings. The summed E-state index contributed by atoms with van der Waals surface area (Å²) < 4.78 is 5.58. The minimum Gasteiger partial charge on any atom is -0.464 e. The maximum absolute atomic E-state index is 13.1. The van der Waals surface area contributed by atoms with Gasteiger partial charge in [0.15, 0.2) is 5.78 Å². The van der Waals surface area contributed by atoms with Crippen molar-refractivity contribution in [1.29, 1.82) is 0 Å². The average molecular weight is 346 g/mol. The van der Waals surface area contributed by atoms with E-state index < -0.39 is 28.8 Å². The van der Waals surface area contributed by atoms with Crippen LogP contribution in [0.5, 0.6) is 0 Å². The zero-order valence-electron chi connectivity index (χ0n) is 14.9. The number of ketones is 1. The number of cyclic esters (lactones) is 1. The Balaban J connectivity index is 1.92. The van der Waals surface area contributed by atoms with Gasteiger partial charge in [-0.25, -0.2) is 0 Å². The Morgan fingerprint density at radius 1 is 1.28 bits per heavy atom. The lowest BCUT2D eigenvalue weighted by atomic mass is 9.44. The molecule has 25 heavy (non-hydrogen) atoms. The van der Waals surface area contributed by atoms with Crippen LogP contribution in [-0.2, 0) is 19.1 Å². The summed E-state index contributed by atoms with van der Waals surface area (Å²) in [6, 6.07) is 0. The van der Waals surface area contributed by atoms with Crippen LogP contribution in [0.15, 0.2) is 12.2 Å². The number of Topliss-reactive ketones (excluding diaryl/α,β-unsaturated/α-hetero) is 1. The van der Waals surface area contributed by atoms with Gasteiger partial charge < -0.3 is 14.6 Å². The molecule has 1 N–H and O–H groups in total. The number of aliphatic hydroxyl groups is 1. The molecule has 5 nitrogen and oxygen atoms in total. The molecule has 0 aromatic carbocycles. The molecule has 1 saturated heterocycles. The van der Waals surface area contributed by atoms with Gasteiger partial charge in [0.05, 0.1) is 12.7 Å². The smallest absolute Gasteiger partial charge is 0.320 e. The van der Waals surface area contributed by atoms with E-state index in [9.17, 15) is 19.5 Å². The van der Waals surface area contributed by atoms with Gasteiger partial charge in [0.25, 0.3) is 0 Å². The van der Waals surface area contributed by atoms with Crippen LogP contribution in [0.4, 0.5) is 0 Å². The number of hydrogen-bond acceptors (Lipinski definition) is 5. The Morgan fingerprint density at radius 3 is 2.68 bits per heavy atom. The highest BCUT2D eigenvalue weighted by atomic mass is 16.5. The van der Waals surface area contributed by atoms with Crippen molar-refractivity contribution in [1.82, 2.24) is 0 Å². The van der Waals surface area contributed by atoms with Gasteiger partial charge in [-0.2, -0.15) is 0 Å². The van der Waals surface area contributed by atoms with E-state index in [1.165, 1.54) is 0 Å². The second-order valence-corrected chi connectivity index (χ2v) is 9.27. The number of esters is 1. The number of allylic oxidation sites excluding steroid dienone is 1. The molecule has 4 rings (SSSR count). The summed E-state index contributed by atoms with van der Waals surface area (Å²) >= 11 is 0. The first-order valence-corrected chi connectivity index (χ1v) is 9.25. The highest BCUT2D eigenvalue weighted by Gasteiger charge is 2.74. The molecule has 6 atom stereocenters. The summed E-state index contributed by atoms with van der Waals surface area (Å²) in [5, 5.41) is 11.0. The molecule has 0 aromatic heterocycles. The number of aldehydes is 1. The molecular formula is C20H26O5. The number of hydrogen-bond donors (Lipinski definition) is 1. The van der Waals surface area contributed by atoms with Gasteiger partial charge in [-0.1, -0.05) is 26.8 Å². The highest BCUT2D eigenvalue weighted by Crippen LogP contribution is 2.67. The second kappa shape index (κ2) is 5.03. The Hall–Kier alpha value is -1.49. The van der Waals surface area contributed by atoms with Gasteiger partial charge in [0.2, 0.25) is 0 Å². The van der Waals surface area contributed by atoms with Crippen LogP contribution < -0.4 is 0 Å². The van der Waals surface area contributed by atoms with Crippen LogP contribution in [0, 0.1) is 34.0 Å². The Kier molecular flexibility index (Phi) is 3.41. The van der Waals surface area contributed by atoms with Crippen molar-refractivity contribution < 1.29 is 24.2 Å². The first kappa shape index (κ1) is 17.0. The largest absolute Gasteiger partial charge is 0.464 e.